The third-order valence-electron chi connectivity index (χ3n) is 3.00. The van der Waals surface area contributed by atoms with Crippen LogP contribution in [0, 0.1) is 12.8 Å². The van der Waals surface area contributed by atoms with Crippen molar-refractivity contribution in [3.05, 3.63) is 17.7 Å². The SMILES string of the molecule is Cc1[nH]cnc1CNCC1CCSCC1. The fourth-order valence-electron chi connectivity index (χ4n) is 1.91. The summed E-state index contributed by atoms with van der Waals surface area (Å²) in [6.07, 6.45) is 4.51. The lowest BCUT2D eigenvalue weighted by molar-refractivity contribution is 0.446. The van der Waals surface area contributed by atoms with Crippen LogP contribution in [0.3, 0.4) is 0 Å². The molecule has 1 saturated heterocycles. The second kappa shape index (κ2) is 5.56. The van der Waals surface area contributed by atoms with E-state index < -0.39 is 0 Å². The minimum Gasteiger partial charge on any atom is -0.348 e. The van der Waals surface area contributed by atoms with Gasteiger partial charge in [-0.2, -0.15) is 11.8 Å². The first-order chi connectivity index (χ1) is 7.36. The highest BCUT2D eigenvalue weighted by molar-refractivity contribution is 7.99. The largest absolute Gasteiger partial charge is 0.348 e. The van der Waals surface area contributed by atoms with Crippen LogP contribution in [0.1, 0.15) is 24.2 Å². The van der Waals surface area contributed by atoms with E-state index >= 15 is 0 Å². The molecule has 0 aromatic carbocycles. The molecule has 1 aliphatic heterocycles. The molecule has 0 aliphatic carbocycles. The predicted molar refractivity (Wildman–Crippen MR) is 65.1 cm³/mol. The zero-order valence-corrected chi connectivity index (χ0v) is 10.1. The molecule has 4 heteroatoms. The van der Waals surface area contributed by atoms with E-state index in [4.69, 9.17) is 0 Å². The van der Waals surface area contributed by atoms with Crippen LogP contribution < -0.4 is 5.32 Å². The third kappa shape index (κ3) is 3.24. The van der Waals surface area contributed by atoms with Crippen molar-refractivity contribution in [2.45, 2.75) is 26.3 Å². The first kappa shape index (κ1) is 11.0. The Kier molecular flexibility index (Phi) is 4.09. The topological polar surface area (TPSA) is 40.7 Å². The molecule has 2 heterocycles. The summed E-state index contributed by atoms with van der Waals surface area (Å²) in [7, 11) is 0. The fourth-order valence-corrected chi connectivity index (χ4v) is 3.11. The van der Waals surface area contributed by atoms with E-state index in [1.165, 1.54) is 30.0 Å². The second-order valence-electron chi connectivity index (χ2n) is 4.16. The quantitative estimate of drug-likeness (QED) is 0.823. The lowest BCUT2D eigenvalue weighted by Gasteiger charge is -2.21. The number of nitrogens with zero attached hydrogens (tertiary/aromatic N) is 1. The number of hydrogen-bond donors (Lipinski definition) is 2. The number of aromatic amines is 1. The zero-order valence-electron chi connectivity index (χ0n) is 9.25. The van der Waals surface area contributed by atoms with Crippen molar-refractivity contribution < 1.29 is 0 Å². The second-order valence-corrected chi connectivity index (χ2v) is 5.39. The van der Waals surface area contributed by atoms with Crippen LogP contribution in [0.15, 0.2) is 6.33 Å². The van der Waals surface area contributed by atoms with Crippen molar-refractivity contribution in [2.24, 2.45) is 5.92 Å². The summed E-state index contributed by atoms with van der Waals surface area (Å²) in [6, 6.07) is 0. The van der Waals surface area contributed by atoms with Gasteiger partial charge in [0, 0.05) is 12.2 Å². The molecule has 0 saturated carbocycles. The maximum Gasteiger partial charge on any atom is 0.0925 e. The summed E-state index contributed by atoms with van der Waals surface area (Å²) in [5.41, 5.74) is 2.34. The van der Waals surface area contributed by atoms with Crippen molar-refractivity contribution in [2.75, 3.05) is 18.1 Å². The van der Waals surface area contributed by atoms with Crippen molar-refractivity contribution in [3.8, 4) is 0 Å². The highest BCUT2D eigenvalue weighted by atomic mass is 32.2. The minimum absolute atomic E-state index is 0.880. The number of rotatable bonds is 4. The van der Waals surface area contributed by atoms with Gasteiger partial charge in [-0.1, -0.05) is 0 Å². The van der Waals surface area contributed by atoms with Crippen LogP contribution in [0.2, 0.25) is 0 Å². The van der Waals surface area contributed by atoms with Crippen LogP contribution in [-0.2, 0) is 6.54 Å². The van der Waals surface area contributed by atoms with E-state index in [1.54, 1.807) is 6.33 Å². The molecule has 0 amide bonds. The van der Waals surface area contributed by atoms with Gasteiger partial charge in [-0.25, -0.2) is 4.98 Å². The Labute approximate surface area is 95.4 Å². The Balaban J connectivity index is 1.68. The molecule has 1 aromatic heterocycles. The van der Waals surface area contributed by atoms with Gasteiger partial charge < -0.3 is 10.3 Å². The van der Waals surface area contributed by atoms with E-state index in [-0.39, 0.29) is 0 Å². The molecule has 1 aromatic rings. The summed E-state index contributed by atoms with van der Waals surface area (Å²) in [4.78, 5) is 7.38. The molecule has 0 spiro atoms. The molecule has 84 valence electrons. The molecule has 2 rings (SSSR count). The van der Waals surface area contributed by atoms with E-state index in [9.17, 15) is 0 Å². The number of nitrogens with one attached hydrogen (secondary N) is 2. The Bertz CT molecular complexity index is 292. The molecular formula is C11H19N3S. The van der Waals surface area contributed by atoms with Crippen molar-refractivity contribution in [1.29, 1.82) is 0 Å². The zero-order chi connectivity index (χ0) is 10.5. The Morgan fingerprint density at radius 3 is 3.00 bits per heavy atom. The number of H-pyrrole nitrogens is 1. The van der Waals surface area contributed by atoms with E-state index in [1.807, 2.05) is 0 Å². The number of imidazole rings is 1. The molecule has 0 unspecified atom stereocenters. The molecule has 0 atom stereocenters. The average molecular weight is 225 g/mol. The van der Waals surface area contributed by atoms with Crippen LogP contribution in [-0.4, -0.2) is 28.0 Å². The fraction of sp³-hybridized carbons (Fsp3) is 0.727. The van der Waals surface area contributed by atoms with Crippen LogP contribution in [0.5, 0.6) is 0 Å². The number of aromatic nitrogens is 2. The standard InChI is InChI=1S/C11H19N3S/c1-9-11(14-8-13-9)7-12-6-10-2-4-15-5-3-10/h8,10,12H,2-7H2,1H3,(H,13,14). The van der Waals surface area contributed by atoms with Crippen molar-refractivity contribution in [1.82, 2.24) is 15.3 Å². The molecular weight excluding hydrogens is 206 g/mol. The Morgan fingerprint density at radius 2 is 2.33 bits per heavy atom. The smallest absolute Gasteiger partial charge is 0.0925 e. The highest BCUT2D eigenvalue weighted by Crippen LogP contribution is 2.21. The normalized spacial score (nSPS) is 18.2. The lowest BCUT2D eigenvalue weighted by atomic mass is 10.0. The summed E-state index contributed by atoms with van der Waals surface area (Å²) in [6.45, 7) is 4.12. The summed E-state index contributed by atoms with van der Waals surface area (Å²) in [5, 5.41) is 3.51. The van der Waals surface area contributed by atoms with Crippen LogP contribution in [0.25, 0.3) is 0 Å². The van der Waals surface area contributed by atoms with Gasteiger partial charge in [0.1, 0.15) is 0 Å². The van der Waals surface area contributed by atoms with Gasteiger partial charge in [0.05, 0.1) is 12.0 Å². The predicted octanol–water partition coefficient (Wildman–Crippen LogP) is 1.95. The van der Waals surface area contributed by atoms with Gasteiger partial charge in [0.15, 0.2) is 0 Å². The number of aryl methyl sites for hydroxylation is 1. The van der Waals surface area contributed by atoms with Crippen molar-refractivity contribution >= 4 is 11.8 Å². The van der Waals surface area contributed by atoms with E-state index in [0.29, 0.717) is 0 Å². The first-order valence-corrected chi connectivity index (χ1v) is 6.79. The molecule has 1 aliphatic rings. The maximum absolute atomic E-state index is 4.28. The molecule has 2 N–H and O–H groups in total. The van der Waals surface area contributed by atoms with E-state index in [2.05, 4.69) is 34.0 Å². The number of hydrogen-bond acceptors (Lipinski definition) is 3. The van der Waals surface area contributed by atoms with Gasteiger partial charge in [0.2, 0.25) is 0 Å². The minimum atomic E-state index is 0.880. The third-order valence-corrected chi connectivity index (χ3v) is 4.05. The average Bonchev–Trinajstić information content (AvgIpc) is 2.66. The summed E-state index contributed by atoms with van der Waals surface area (Å²) >= 11 is 2.09. The lowest BCUT2D eigenvalue weighted by Crippen LogP contribution is -2.25. The van der Waals surface area contributed by atoms with Crippen molar-refractivity contribution in [3.63, 3.8) is 0 Å². The molecule has 15 heavy (non-hydrogen) atoms. The summed E-state index contributed by atoms with van der Waals surface area (Å²) in [5.74, 6) is 3.56. The molecule has 1 fully saturated rings. The highest BCUT2D eigenvalue weighted by Gasteiger charge is 2.13. The van der Waals surface area contributed by atoms with Crippen LogP contribution in [0.4, 0.5) is 0 Å². The molecule has 3 nitrogen and oxygen atoms in total. The molecule has 0 bridgehead atoms. The van der Waals surface area contributed by atoms with Gasteiger partial charge in [0.25, 0.3) is 0 Å². The summed E-state index contributed by atoms with van der Waals surface area (Å²) < 4.78 is 0. The van der Waals surface area contributed by atoms with E-state index in [0.717, 1.165) is 24.7 Å². The van der Waals surface area contributed by atoms with Gasteiger partial charge in [-0.15, -0.1) is 0 Å². The monoisotopic (exact) mass is 225 g/mol. The molecule has 0 radical (unpaired) electrons. The van der Waals surface area contributed by atoms with Gasteiger partial charge >= 0.3 is 0 Å². The Hall–Kier alpha value is -0.480. The first-order valence-electron chi connectivity index (χ1n) is 5.63. The maximum atomic E-state index is 4.28. The Morgan fingerprint density at radius 1 is 1.53 bits per heavy atom. The van der Waals surface area contributed by atoms with Gasteiger partial charge in [-0.3, -0.25) is 0 Å². The number of thioether (sulfide) groups is 1. The van der Waals surface area contributed by atoms with Crippen LogP contribution >= 0.6 is 11.8 Å². The van der Waals surface area contributed by atoms with Gasteiger partial charge in [-0.05, 0) is 43.7 Å².